The molecule has 0 aliphatic rings. The molecule has 2 aromatic rings. The fraction of sp³-hybridized carbons (Fsp3) is 0. The number of hydrogen-bond donors (Lipinski definition) is 3. The van der Waals surface area contributed by atoms with Crippen molar-refractivity contribution < 1.29 is 0 Å². The van der Waals surface area contributed by atoms with Gasteiger partial charge in [-0.15, -0.1) is 0 Å². The highest BCUT2D eigenvalue weighted by Gasteiger charge is 2.02. The second-order valence-corrected chi connectivity index (χ2v) is 4.82. The van der Waals surface area contributed by atoms with Gasteiger partial charge in [0.1, 0.15) is 0 Å². The third kappa shape index (κ3) is 3.18. The maximum Gasteiger partial charge on any atom is 0.191 e. The van der Waals surface area contributed by atoms with Gasteiger partial charge in [-0.25, -0.2) is 4.99 Å². The summed E-state index contributed by atoms with van der Waals surface area (Å²) in [6, 6.07) is 15.7. The largest absolute Gasteiger partial charge is 0.397 e. The Bertz CT molecular complexity index is 562. The van der Waals surface area contributed by atoms with Crippen LogP contribution in [0.2, 0.25) is 0 Å². The van der Waals surface area contributed by atoms with E-state index >= 15 is 0 Å². The third-order valence-corrected chi connectivity index (χ3v) is 3.23. The number of anilines is 1. The lowest BCUT2D eigenvalue weighted by Crippen LogP contribution is -2.22. The van der Waals surface area contributed by atoms with E-state index in [0.717, 1.165) is 9.79 Å². The highest BCUT2D eigenvalue weighted by molar-refractivity contribution is 7.99. The molecule has 2 aromatic carbocycles. The molecule has 0 bridgehead atoms. The quantitative estimate of drug-likeness (QED) is 0.447. The molecule has 0 heterocycles. The topological polar surface area (TPSA) is 90.4 Å². The van der Waals surface area contributed by atoms with Crippen molar-refractivity contribution in [3.8, 4) is 0 Å². The van der Waals surface area contributed by atoms with Crippen LogP contribution in [0.15, 0.2) is 63.3 Å². The van der Waals surface area contributed by atoms with Crippen LogP contribution in [0.1, 0.15) is 0 Å². The summed E-state index contributed by atoms with van der Waals surface area (Å²) in [7, 11) is 0. The zero-order valence-corrected chi connectivity index (χ0v) is 10.5. The molecule has 0 atom stereocenters. The Balaban J connectivity index is 2.28. The van der Waals surface area contributed by atoms with E-state index in [1.165, 1.54) is 0 Å². The van der Waals surface area contributed by atoms with E-state index in [1.807, 2.05) is 42.5 Å². The molecule has 0 saturated heterocycles. The number of guanidine groups is 1. The summed E-state index contributed by atoms with van der Waals surface area (Å²) in [6.07, 6.45) is 0. The van der Waals surface area contributed by atoms with E-state index in [9.17, 15) is 0 Å². The van der Waals surface area contributed by atoms with Crippen LogP contribution < -0.4 is 17.2 Å². The fourth-order valence-corrected chi connectivity index (χ4v) is 2.32. The van der Waals surface area contributed by atoms with Crippen molar-refractivity contribution in [2.75, 3.05) is 5.73 Å². The first-order chi connectivity index (χ1) is 8.65. The van der Waals surface area contributed by atoms with Gasteiger partial charge in [0, 0.05) is 9.79 Å². The first kappa shape index (κ1) is 12.3. The second kappa shape index (κ2) is 5.46. The van der Waals surface area contributed by atoms with Gasteiger partial charge < -0.3 is 17.2 Å². The SMILES string of the molecule is NC(N)=Nc1cc(Sc2ccccc2)ccc1N. The van der Waals surface area contributed by atoms with Crippen molar-refractivity contribution in [1.29, 1.82) is 0 Å². The Morgan fingerprint density at radius 3 is 2.33 bits per heavy atom. The lowest BCUT2D eigenvalue weighted by Gasteiger charge is -2.05. The fourth-order valence-electron chi connectivity index (χ4n) is 1.45. The summed E-state index contributed by atoms with van der Waals surface area (Å²) < 4.78 is 0. The smallest absolute Gasteiger partial charge is 0.191 e. The predicted octanol–water partition coefficient (Wildman–Crippen LogP) is 2.32. The number of benzene rings is 2. The average molecular weight is 258 g/mol. The maximum atomic E-state index is 5.80. The van der Waals surface area contributed by atoms with Gasteiger partial charge in [0.2, 0.25) is 0 Å². The Kier molecular flexibility index (Phi) is 3.74. The van der Waals surface area contributed by atoms with E-state index in [0.29, 0.717) is 11.4 Å². The standard InChI is InChI=1S/C13H14N4S/c14-11-7-6-10(8-12(11)17-13(15)16)18-9-4-2-1-3-5-9/h1-8H,14H2,(H4,15,16,17). The van der Waals surface area contributed by atoms with Gasteiger partial charge in [-0.05, 0) is 30.3 Å². The van der Waals surface area contributed by atoms with E-state index in [2.05, 4.69) is 4.99 Å². The molecule has 18 heavy (non-hydrogen) atoms. The Labute approximate surface area is 110 Å². The van der Waals surface area contributed by atoms with E-state index in [-0.39, 0.29) is 5.96 Å². The molecular weight excluding hydrogens is 244 g/mol. The molecule has 0 spiro atoms. The van der Waals surface area contributed by atoms with Crippen LogP contribution in [0, 0.1) is 0 Å². The molecule has 2 rings (SSSR count). The molecule has 0 aliphatic heterocycles. The third-order valence-electron chi connectivity index (χ3n) is 2.23. The second-order valence-electron chi connectivity index (χ2n) is 3.67. The van der Waals surface area contributed by atoms with Crippen molar-refractivity contribution >= 4 is 29.1 Å². The van der Waals surface area contributed by atoms with Gasteiger partial charge >= 0.3 is 0 Å². The van der Waals surface area contributed by atoms with E-state index < -0.39 is 0 Å². The van der Waals surface area contributed by atoms with Crippen LogP contribution in [-0.2, 0) is 0 Å². The monoisotopic (exact) mass is 258 g/mol. The molecular formula is C13H14N4S. The van der Waals surface area contributed by atoms with Crippen LogP contribution in [-0.4, -0.2) is 5.96 Å². The maximum absolute atomic E-state index is 5.80. The molecule has 5 heteroatoms. The molecule has 0 aromatic heterocycles. The minimum Gasteiger partial charge on any atom is -0.397 e. The van der Waals surface area contributed by atoms with Gasteiger partial charge in [-0.1, -0.05) is 30.0 Å². The van der Waals surface area contributed by atoms with Gasteiger partial charge in [0.25, 0.3) is 0 Å². The molecule has 4 nitrogen and oxygen atoms in total. The number of rotatable bonds is 3. The first-order valence-corrected chi connectivity index (χ1v) is 6.19. The Hall–Kier alpha value is -2.14. The summed E-state index contributed by atoms with van der Waals surface area (Å²) in [5.74, 6) is 0.00330. The van der Waals surface area contributed by atoms with Gasteiger partial charge in [-0.3, -0.25) is 0 Å². The van der Waals surface area contributed by atoms with Crippen LogP contribution in [0.3, 0.4) is 0 Å². The van der Waals surface area contributed by atoms with Crippen LogP contribution in [0.4, 0.5) is 11.4 Å². The lowest BCUT2D eigenvalue weighted by molar-refractivity contribution is 1.36. The lowest BCUT2D eigenvalue weighted by atomic mass is 10.3. The average Bonchev–Trinajstić information content (AvgIpc) is 2.34. The van der Waals surface area contributed by atoms with Crippen molar-refractivity contribution in [2.45, 2.75) is 9.79 Å². The van der Waals surface area contributed by atoms with Gasteiger partial charge in [0.05, 0.1) is 11.4 Å². The zero-order valence-electron chi connectivity index (χ0n) is 9.71. The highest BCUT2D eigenvalue weighted by atomic mass is 32.2. The summed E-state index contributed by atoms with van der Waals surface area (Å²) in [6.45, 7) is 0. The number of hydrogen-bond acceptors (Lipinski definition) is 3. The first-order valence-electron chi connectivity index (χ1n) is 5.37. The molecule has 0 saturated carbocycles. The highest BCUT2D eigenvalue weighted by Crippen LogP contribution is 2.32. The minimum atomic E-state index is 0.00330. The molecule has 0 radical (unpaired) electrons. The van der Waals surface area contributed by atoms with Crippen LogP contribution in [0.25, 0.3) is 0 Å². The number of nitrogens with zero attached hydrogens (tertiary/aromatic N) is 1. The van der Waals surface area contributed by atoms with Gasteiger partial charge in [0.15, 0.2) is 5.96 Å². The molecule has 0 unspecified atom stereocenters. The molecule has 0 fully saturated rings. The summed E-state index contributed by atoms with van der Waals surface area (Å²) >= 11 is 1.63. The normalized spacial score (nSPS) is 10.0. The summed E-state index contributed by atoms with van der Waals surface area (Å²) in [5, 5.41) is 0. The summed E-state index contributed by atoms with van der Waals surface area (Å²) in [4.78, 5) is 6.18. The van der Waals surface area contributed by atoms with Gasteiger partial charge in [-0.2, -0.15) is 0 Å². The molecule has 6 N–H and O–H groups in total. The van der Waals surface area contributed by atoms with Crippen molar-refractivity contribution in [3.63, 3.8) is 0 Å². The van der Waals surface area contributed by atoms with Crippen LogP contribution in [0.5, 0.6) is 0 Å². The van der Waals surface area contributed by atoms with Crippen molar-refractivity contribution in [2.24, 2.45) is 16.5 Å². The Morgan fingerprint density at radius 2 is 1.67 bits per heavy atom. The van der Waals surface area contributed by atoms with Crippen LogP contribution >= 0.6 is 11.8 Å². The van der Waals surface area contributed by atoms with E-state index in [4.69, 9.17) is 17.2 Å². The molecule has 0 amide bonds. The molecule has 0 aliphatic carbocycles. The predicted molar refractivity (Wildman–Crippen MR) is 76.9 cm³/mol. The summed E-state index contributed by atoms with van der Waals surface area (Å²) in [5.41, 5.74) is 17.7. The Morgan fingerprint density at radius 1 is 0.944 bits per heavy atom. The molecule has 92 valence electrons. The van der Waals surface area contributed by atoms with Crippen molar-refractivity contribution in [3.05, 3.63) is 48.5 Å². The zero-order chi connectivity index (χ0) is 13.0. The van der Waals surface area contributed by atoms with Crippen molar-refractivity contribution in [1.82, 2.24) is 0 Å². The minimum absolute atomic E-state index is 0.00330. The number of nitrogen functional groups attached to an aromatic ring is 1. The number of nitrogens with two attached hydrogens (primary N) is 3. The van der Waals surface area contributed by atoms with E-state index in [1.54, 1.807) is 17.8 Å². The number of aliphatic imine (C=N–C) groups is 1.